The Bertz CT molecular complexity index is 847. The van der Waals surface area contributed by atoms with Gasteiger partial charge >= 0.3 is 0 Å². The third-order valence-electron chi connectivity index (χ3n) is 3.98. The second kappa shape index (κ2) is 5.15. The van der Waals surface area contributed by atoms with Crippen LogP contribution in [-0.2, 0) is 13.0 Å². The molecule has 0 saturated carbocycles. The highest BCUT2D eigenvalue weighted by Gasteiger charge is 2.20. The second-order valence-corrected chi connectivity index (χ2v) is 5.44. The van der Waals surface area contributed by atoms with Crippen LogP contribution < -0.4 is 5.73 Å². The van der Waals surface area contributed by atoms with Crippen LogP contribution in [0.15, 0.2) is 48.5 Å². The molecule has 0 spiro atoms. The first-order valence-electron chi connectivity index (χ1n) is 7.36. The van der Waals surface area contributed by atoms with E-state index in [4.69, 9.17) is 5.73 Å². The third kappa shape index (κ3) is 2.19. The molecule has 4 heteroatoms. The fourth-order valence-corrected chi connectivity index (χ4v) is 2.85. The minimum Gasteiger partial charge on any atom is -0.399 e. The van der Waals surface area contributed by atoms with E-state index in [0.29, 0.717) is 0 Å². The van der Waals surface area contributed by atoms with E-state index in [1.54, 1.807) is 0 Å². The van der Waals surface area contributed by atoms with Crippen molar-refractivity contribution in [2.24, 2.45) is 0 Å². The fourth-order valence-electron chi connectivity index (χ4n) is 2.85. The van der Waals surface area contributed by atoms with Crippen LogP contribution in [0.4, 0.5) is 5.69 Å². The lowest BCUT2D eigenvalue weighted by molar-refractivity contribution is 0.676. The van der Waals surface area contributed by atoms with Crippen molar-refractivity contribution in [1.82, 2.24) is 14.8 Å². The highest BCUT2D eigenvalue weighted by molar-refractivity contribution is 5.71. The monoisotopic (exact) mass is 288 g/mol. The zero-order valence-corrected chi connectivity index (χ0v) is 12.1. The molecular weight excluding hydrogens is 272 g/mol. The third-order valence-corrected chi connectivity index (χ3v) is 3.98. The first-order valence-corrected chi connectivity index (χ1v) is 7.36. The molecule has 0 unspecified atom stereocenters. The minimum absolute atomic E-state index is 0.761. The lowest BCUT2D eigenvalue weighted by atomic mass is 10.00. The number of benzene rings is 2. The molecule has 0 fully saturated rings. The van der Waals surface area contributed by atoms with Gasteiger partial charge in [0.2, 0.25) is 0 Å². The predicted molar refractivity (Wildman–Crippen MR) is 88.9 cm³/mol. The summed E-state index contributed by atoms with van der Waals surface area (Å²) < 4.78 is 2.15. The second-order valence-electron chi connectivity index (χ2n) is 5.44. The Hall–Kier alpha value is -2.88. The van der Waals surface area contributed by atoms with Crippen LogP contribution in [0.2, 0.25) is 0 Å². The van der Waals surface area contributed by atoms with Crippen molar-refractivity contribution in [1.29, 1.82) is 0 Å². The molecule has 2 heterocycles. The number of nitrogen functional groups attached to an aromatic ring is 1. The van der Waals surface area contributed by atoms with Crippen molar-refractivity contribution in [3.63, 3.8) is 0 Å². The van der Waals surface area contributed by atoms with Crippen molar-refractivity contribution < 1.29 is 0 Å². The van der Waals surface area contributed by atoms with Gasteiger partial charge < -0.3 is 10.3 Å². The Morgan fingerprint density at radius 3 is 2.73 bits per heavy atom. The molecule has 1 aromatic heterocycles. The molecule has 0 aliphatic carbocycles. The van der Waals surface area contributed by atoms with Gasteiger partial charge in [0.1, 0.15) is 0 Å². The van der Waals surface area contributed by atoms with Crippen LogP contribution in [0, 0.1) is 0 Å². The molecule has 0 radical (unpaired) electrons. The van der Waals surface area contributed by atoms with Gasteiger partial charge in [0.25, 0.3) is 0 Å². The number of aryl methyl sites for hydroxylation is 1. The predicted octanol–water partition coefficient (Wildman–Crippen LogP) is 3.25. The SMILES string of the molecule is Nc1ccc2c(c1)-c1nnc(/C=C/c3ccccc3)n1CC2. The number of hydrogen-bond acceptors (Lipinski definition) is 3. The maximum absolute atomic E-state index is 5.91. The molecular formula is C18H16N4. The van der Waals surface area contributed by atoms with Crippen molar-refractivity contribution in [3.8, 4) is 11.4 Å². The van der Waals surface area contributed by atoms with Crippen molar-refractivity contribution >= 4 is 17.8 Å². The number of nitrogens with two attached hydrogens (primary N) is 1. The summed E-state index contributed by atoms with van der Waals surface area (Å²) in [5, 5.41) is 8.68. The lowest BCUT2D eigenvalue weighted by Crippen LogP contribution is -2.12. The fraction of sp³-hybridized carbons (Fsp3) is 0.111. The Morgan fingerprint density at radius 2 is 1.86 bits per heavy atom. The average molecular weight is 288 g/mol. The van der Waals surface area contributed by atoms with E-state index in [-0.39, 0.29) is 0 Å². The average Bonchev–Trinajstić information content (AvgIpc) is 2.97. The number of anilines is 1. The summed E-state index contributed by atoms with van der Waals surface area (Å²) in [5.41, 5.74) is 10.2. The summed E-state index contributed by atoms with van der Waals surface area (Å²) in [5.74, 6) is 1.79. The smallest absolute Gasteiger partial charge is 0.164 e. The molecule has 2 N–H and O–H groups in total. The van der Waals surface area contributed by atoms with Crippen LogP contribution in [0.5, 0.6) is 0 Å². The van der Waals surface area contributed by atoms with E-state index < -0.39 is 0 Å². The van der Waals surface area contributed by atoms with Crippen molar-refractivity contribution in [2.45, 2.75) is 13.0 Å². The zero-order chi connectivity index (χ0) is 14.9. The summed E-state index contributed by atoms with van der Waals surface area (Å²) >= 11 is 0. The summed E-state index contributed by atoms with van der Waals surface area (Å²) in [6, 6.07) is 16.2. The highest BCUT2D eigenvalue weighted by atomic mass is 15.3. The summed E-state index contributed by atoms with van der Waals surface area (Å²) in [4.78, 5) is 0. The van der Waals surface area contributed by atoms with Gasteiger partial charge in [0.15, 0.2) is 11.6 Å². The molecule has 1 aliphatic heterocycles. The normalized spacial score (nSPS) is 13.1. The van der Waals surface area contributed by atoms with Gasteiger partial charge in [-0.15, -0.1) is 10.2 Å². The van der Waals surface area contributed by atoms with Gasteiger partial charge in [-0.3, -0.25) is 0 Å². The van der Waals surface area contributed by atoms with Crippen LogP contribution >= 0.6 is 0 Å². The van der Waals surface area contributed by atoms with E-state index in [2.05, 4.69) is 39.0 Å². The molecule has 1 aliphatic rings. The molecule has 0 saturated heterocycles. The van der Waals surface area contributed by atoms with Crippen molar-refractivity contribution in [3.05, 3.63) is 65.5 Å². The Morgan fingerprint density at radius 1 is 1.00 bits per heavy atom. The van der Waals surface area contributed by atoms with E-state index in [9.17, 15) is 0 Å². The maximum Gasteiger partial charge on any atom is 0.164 e. The molecule has 3 aromatic rings. The summed E-state index contributed by atoms with van der Waals surface area (Å²) in [6.07, 6.45) is 5.06. The van der Waals surface area contributed by atoms with Gasteiger partial charge in [0.05, 0.1) is 0 Å². The quantitative estimate of drug-likeness (QED) is 0.736. The van der Waals surface area contributed by atoms with Gasteiger partial charge in [-0.1, -0.05) is 42.5 Å². The molecule has 4 nitrogen and oxygen atoms in total. The topological polar surface area (TPSA) is 56.7 Å². The molecule has 4 rings (SSSR count). The lowest BCUT2D eigenvalue weighted by Gasteiger charge is -2.18. The van der Waals surface area contributed by atoms with Crippen LogP contribution in [0.3, 0.4) is 0 Å². The summed E-state index contributed by atoms with van der Waals surface area (Å²) in [6.45, 7) is 0.897. The highest BCUT2D eigenvalue weighted by Crippen LogP contribution is 2.30. The summed E-state index contributed by atoms with van der Waals surface area (Å²) in [7, 11) is 0. The Labute approximate surface area is 128 Å². The van der Waals surface area contributed by atoms with E-state index in [1.807, 2.05) is 36.4 Å². The molecule has 0 bridgehead atoms. The van der Waals surface area contributed by atoms with Crippen LogP contribution in [-0.4, -0.2) is 14.8 Å². The number of aromatic nitrogens is 3. The maximum atomic E-state index is 5.91. The molecule has 108 valence electrons. The zero-order valence-electron chi connectivity index (χ0n) is 12.1. The minimum atomic E-state index is 0.761. The number of rotatable bonds is 2. The van der Waals surface area contributed by atoms with Crippen LogP contribution in [0.25, 0.3) is 23.5 Å². The van der Waals surface area contributed by atoms with Gasteiger partial charge in [-0.25, -0.2) is 0 Å². The number of hydrogen-bond donors (Lipinski definition) is 1. The Balaban J connectivity index is 1.73. The molecule has 22 heavy (non-hydrogen) atoms. The van der Waals surface area contributed by atoms with E-state index in [0.717, 1.165) is 41.4 Å². The van der Waals surface area contributed by atoms with E-state index >= 15 is 0 Å². The van der Waals surface area contributed by atoms with Gasteiger partial charge in [0, 0.05) is 17.8 Å². The van der Waals surface area contributed by atoms with E-state index in [1.165, 1.54) is 5.56 Å². The number of nitrogens with zero attached hydrogens (tertiary/aromatic N) is 3. The standard InChI is InChI=1S/C18H16N4/c19-15-8-7-14-10-11-22-17(20-21-18(22)16(14)12-15)9-6-13-4-2-1-3-5-13/h1-9,12H,10-11,19H2/b9-6+. The first-order chi connectivity index (χ1) is 10.8. The largest absolute Gasteiger partial charge is 0.399 e. The molecule has 2 aromatic carbocycles. The van der Waals surface area contributed by atoms with Gasteiger partial charge in [-0.2, -0.15) is 0 Å². The van der Waals surface area contributed by atoms with Crippen molar-refractivity contribution in [2.75, 3.05) is 5.73 Å². The molecule has 0 amide bonds. The molecule has 0 atom stereocenters. The van der Waals surface area contributed by atoms with Crippen LogP contribution in [0.1, 0.15) is 17.0 Å². The number of fused-ring (bicyclic) bond motifs is 3. The van der Waals surface area contributed by atoms with Gasteiger partial charge in [-0.05, 0) is 35.8 Å². The Kier molecular flexibility index (Phi) is 3.00. The first kappa shape index (κ1) is 12.8.